The second-order valence-electron chi connectivity index (χ2n) is 5.72. The highest BCUT2D eigenvalue weighted by Crippen LogP contribution is 2.12. The van der Waals surface area contributed by atoms with Crippen LogP contribution in [0.3, 0.4) is 0 Å². The van der Waals surface area contributed by atoms with Crippen LogP contribution in [0.2, 0.25) is 0 Å². The van der Waals surface area contributed by atoms with Crippen molar-refractivity contribution in [2.75, 3.05) is 5.32 Å². The second kappa shape index (κ2) is 8.05. The van der Waals surface area contributed by atoms with Crippen molar-refractivity contribution >= 4 is 23.2 Å². The fourth-order valence-corrected chi connectivity index (χ4v) is 2.34. The Bertz CT molecular complexity index is 977. The number of nitrogens with zero attached hydrogens (tertiary/aromatic N) is 4. The van der Waals surface area contributed by atoms with E-state index in [0.717, 1.165) is 5.56 Å². The Balaban J connectivity index is 1.63. The van der Waals surface area contributed by atoms with Crippen molar-refractivity contribution in [3.05, 3.63) is 77.9 Å². The Labute approximate surface area is 155 Å². The largest absolute Gasteiger partial charge is 0.321 e. The fraction of sp³-hybridized carbons (Fsp3) is 0.105. The molecule has 0 aliphatic rings. The molecule has 2 N–H and O–H groups in total. The van der Waals surface area contributed by atoms with Gasteiger partial charge in [0.25, 0.3) is 11.8 Å². The first kappa shape index (κ1) is 18.0. The zero-order valence-corrected chi connectivity index (χ0v) is 14.9. The van der Waals surface area contributed by atoms with Gasteiger partial charge in [0, 0.05) is 25.1 Å². The van der Waals surface area contributed by atoms with Crippen LogP contribution in [-0.4, -0.2) is 32.3 Å². The molecule has 0 saturated heterocycles. The van der Waals surface area contributed by atoms with Gasteiger partial charge in [-0.25, -0.2) is 5.43 Å². The molecule has 0 unspecified atom stereocenters. The molecular formula is C19H18N6O2. The van der Waals surface area contributed by atoms with E-state index < -0.39 is 0 Å². The molecule has 0 aliphatic carbocycles. The molecule has 8 nitrogen and oxygen atoms in total. The van der Waals surface area contributed by atoms with Crippen molar-refractivity contribution in [2.24, 2.45) is 12.1 Å². The maximum atomic E-state index is 12.2. The highest BCUT2D eigenvalue weighted by molar-refractivity contribution is 6.04. The number of nitrogens with one attached hydrogen (secondary N) is 2. The van der Waals surface area contributed by atoms with Gasteiger partial charge in [-0.15, -0.1) is 0 Å². The fourth-order valence-electron chi connectivity index (χ4n) is 2.34. The van der Waals surface area contributed by atoms with Crippen molar-refractivity contribution in [1.29, 1.82) is 0 Å². The van der Waals surface area contributed by atoms with Crippen LogP contribution in [0.5, 0.6) is 0 Å². The molecular weight excluding hydrogens is 344 g/mol. The Morgan fingerprint density at radius 1 is 1.00 bits per heavy atom. The topological polar surface area (TPSA) is 101 Å². The first-order valence-electron chi connectivity index (χ1n) is 8.20. The number of hydrogen-bond acceptors (Lipinski definition) is 5. The number of amides is 2. The number of pyridine rings is 1. The lowest BCUT2D eigenvalue weighted by atomic mass is 10.1. The van der Waals surface area contributed by atoms with Gasteiger partial charge < -0.3 is 5.32 Å². The quantitative estimate of drug-likeness (QED) is 0.537. The van der Waals surface area contributed by atoms with Crippen LogP contribution in [0, 0.1) is 0 Å². The Hall–Kier alpha value is -3.81. The Morgan fingerprint density at radius 2 is 1.78 bits per heavy atom. The molecule has 1 aromatic carbocycles. The average molecular weight is 362 g/mol. The second-order valence-corrected chi connectivity index (χ2v) is 5.72. The molecule has 27 heavy (non-hydrogen) atoms. The van der Waals surface area contributed by atoms with E-state index in [2.05, 4.69) is 25.9 Å². The first-order valence-corrected chi connectivity index (χ1v) is 8.20. The molecule has 3 rings (SSSR count). The summed E-state index contributed by atoms with van der Waals surface area (Å²) in [5.74, 6) is -0.620. The number of rotatable bonds is 5. The molecule has 8 heteroatoms. The monoisotopic (exact) mass is 362 g/mol. The molecule has 136 valence electrons. The van der Waals surface area contributed by atoms with E-state index in [1.54, 1.807) is 62.8 Å². The summed E-state index contributed by atoms with van der Waals surface area (Å²) in [6.07, 6.45) is 3.11. The molecule has 2 heterocycles. The smallest absolute Gasteiger partial charge is 0.289 e. The summed E-state index contributed by atoms with van der Waals surface area (Å²) in [4.78, 5) is 28.1. The molecule has 0 atom stereocenters. The third-order valence-electron chi connectivity index (χ3n) is 3.84. The molecule has 3 aromatic rings. The highest BCUT2D eigenvalue weighted by atomic mass is 16.2. The standard InChI is InChI=1S/C19H18N6O2/c1-13(23-24-18(26)16-5-3-4-11-20-16)14-6-8-15(9-7-14)22-19(27)17-10-12-21-25(17)2/h3-12H,1-2H3,(H,22,27)(H,24,26). The minimum absolute atomic E-state index is 0.240. The van der Waals surface area contributed by atoms with Gasteiger partial charge in [-0.05, 0) is 42.8 Å². The van der Waals surface area contributed by atoms with Crippen LogP contribution in [0.1, 0.15) is 33.5 Å². The number of hydrazone groups is 1. The summed E-state index contributed by atoms with van der Waals surface area (Å²) in [5.41, 5.74) is 5.33. The number of aromatic nitrogens is 3. The third-order valence-corrected chi connectivity index (χ3v) is 3.84. The van der Waals surface area contributed by atoms with E-state index in [1.807, 2.05) is 12.1 Å². The van der Waals surface area contributed by atoms with E-state index in [1.165, 1.54) is 4.68 Å². The summed E-state index contributed by atoms with van der Waals surface area (Å²) < 4.78 is 1.50. The number of carbonyl (C=O) groups excluding carboxylic acids is 2. The maximum Gasteiger partial charge on any atom is 0.289 e. The molecule has 0 saturated carbocycles. The van der Waals surface area contributed by atoms with Crippen molar-refractivity contribution < 1.29 is 9.59 Å². The molecule has 0 bridgehead atoms. The zero-order valence-electron chi connectivity index (χ0n) is 14.9. The predicted molar refractivity (Wildman–Crippen MR) is 102 cm³/mol. The number of aryl methyl sites for hydroxylation is 1. The van der Waals surface area contributed by atoms with Crippen molar-refractivity contribution in [2.45, 2.75) is 6.92 Å². The summed E-state index contributed by atoms with van der Waals surface area (Å²) in [6.45, 7) is 1.78. The van der Waals surface area contributed by atoms with Crippen molar-refractivity contribution in [1.82, 2.24) is 20.2 Å². The predicted octanol–water partition coefficient (Wildman–Crippen LogP) is 2.22. The van der Waals surface area contributed by atoms with Gasteiger partial charge >= 0.3 is 0 Å². The van der Waals surface area contributed by atoms with Gasteiger partial charge in [0.15, 0.2) is 0 Å². The van der Waals surface area contributed by atoms with Gasteiger partial charge in [-0.3, -0.25) is 19.3 Å². The van der Waals surface area contributed by atoms with E-state index in [4.69, 9.17) is 0 Å². The lowest BCUT2D eigenvalue weighted by molar-refractivity contribution is 0.0949. The minimum atomic E-state index is -0.380. The van der Waals surface area contributed by atoms with E-state index >= 15 is 0 Å². The van der Waals surface area contributed by atoms with Gasteiger partial charge in [-0.2, -0.15) is 10.2 Å². The lowest BCUT2D eigenvalue weighted by Gasteiger charge is -2.07. The van der Waals surface area contributed by atoms with Crippen LogP contribution in [0.15, 0.2) is 66.0 Å². The Kier molecular flexibility index (Phi) is 5.36. The molecule has 2 aromatic heterocycles. The van der Waals surface area contributed by atoms with Crippen LogP contribution in [0.25, 0.3) is 0 Å². The van der Waals surface area contributed by atoms with Crippen molar-refractivity contribution in [3.63, 3.8) is 0 Å². The number of anilines is 1. The number of hydrogen-bond donors (Lipinski definition) is 2. The van der Waals surface area contributed by atoms with Crippen LogP contribution in [-0.2, 0) is 7.05 Å². The first-order chi connectivity index (χ1) is 13.0. The van der Waals surface area contributed by atoms with Gasteiger partial charge in [0.2, 0.25) is 0 Å². The van der Waals surface area contributed by atoms with Gasteiger partial charge in [0.05, 0.1) is 5.71 Å². The molecule has 0 fully saturated rings. The van der Waals surface area contributed by atoms with E-state index in [-0.39, 0.29) is 11.8 Å². The SMILES string of the molecule is CC(=NNC(=O)c1ccccn1)c1ccc(NC(=O)c2ccnn2C)cc1. The highest BCUT2D eigenvalue weighted by Gasteiger charge is 2.10. The number of carbonyl (C=O) groups is 2. The van der Waals surface area contributed by atoms with Crippen LogP contribution >= 0.6 is 0 Å². The lowest BCUT2D eigenvalue weighted by Crippen LogP contribution is -2.20. The normalized spacial score (nSPS) is 11.1. The molecule has 0 radical (unpaired) electrons. The average Bonchev–Trinajstić information content (AvgIpc) is 3.13. The third kappa shape index (κ3) is 4.43. The minimum Gasteiger partial charge on any atom is -0.321 e. The zero-order chi connectivity index (χ0) is 19.2. The van der Waals surface area contributed by atoms with E-state index in [0.29, 0.717) is 22.8 Å². The van der Waals surface area contributed by atoms with Crippen molar-refractivity contribution in [3.8, 4) is 0 Å². The summed E-state index contributed by atoms with van der Waals surface area (Å²) in [5, 5.41) is 10.9. The Morgan fingerprint density at radius 3 is 2.41 bits per heavy atom. The number of benzene rings is 1. The van der Waals surface area contributed by atoms with Gasteiger partial charge in [-0.1, -0.05) is 18.2 Å². The molecule has 0 spiro atoms. The maximum absolute atomic E-state index is 12.2. The molecule has 2 amide bonds. The summed E-state index contributed by atoms with van der Waals surface area (Å²) >= 11 is 0. The summed E-state index contributed by atoms with van der Waals surface area (Å²) in [7, 11) is 1.71. The summed E-state index contributed by atoms with van der Waals surface area (Å²) in [6, 6.07) is 13.9. The van der Waals surface area contributed by atoms with E-state index in [9.17, 15) is 9.59 Å². The molecule has 0 aliphatic heterocycles. The van der Waals surface area contributed by atoms with Gasteiger partial charge in [0.1, 0.15) is 11.4 Å². The van der Waals surface area contributed by atoms with Crippen LogP contribution in [0.4, 0.5) is 5.69 Å². The van der Waals surface area contributed by atoms with Crippen LogP contribution < -0.4 is 10.7 Å².